The van der Waals surface area contributed by atoms with E-state index in [1.165, 1.54) is 0 Å². The fraction of sp³-hybridized carbons (Fsp3) is 0.179. The van der Waals surface area contributed by atoms with Crippen LogP contribution in [0.5, 0.6) is 11.5 Å². The number of halogens is 1. The van der Waals surface area contributed by atoms with Gasteiger partial charge in [-0.05, 0) is 73.0 Å². The number of hydrogen-bond donors (Lipinski definition) is 1. The van der Waals surface area contributed by atoms with Gasteiger partial charge in [0.25, 0.3) is 11.8 Å². The molecule has 7 nitrogen and oxygen atoms in total. The van der Waals surface area contributed by atoms with Gasteiger partial charge in [0, 0.05) is 5.69 Å². The van der Waals surface area contributed by atoms with Crippen molar-refractivity contribution in [1.29, 1.82) is 0 Å². The van der Waals surface area contributed by atoms with Crippen molar-refractivity contribution >= 4 is 40.8 Å². The normalized spacial score (nSPS) is 13.4. The molecule has 0 bridgehead atoms. The molecule has 3 aromatic carbocycles. The molecule has 1 aliphatic heterocycles. The molecule has 1 heterocycles. The number of para-hydroxylation sites is 1. The maximum Gasteiger partial charge on any atom is 0.343 e. The van der Waals surface area contributed by atoms with Crippen molar-refractivity contribution in [3.8, 4) is 11.5 Å². The summed E-state index contributed by atoms with van der Waals surface area (Å²) in [6, 6.07) is 20.4. The van der Waals surface area contributed by atoms with Crippen molar-refractivity contribution in [3.63, 3.8) is 0 Å². The van der Waals surface area contributed by atoms with Gasteiger partial charge in [-0.1, -0.05) is 43.6 Å². The fourth-order valence-corrected chi connectivity index (χ4v) is 3.96. The third-order valence-corrected chi connectivity index (χ3v) is 5.92. The van der Waals surface area contributed by atoms with E-state index in [2.05, 4.69) is 5.32 Å². The molecule has 0 saturated carbocycles. The summed E-state index contributed by atoms with van der Waals surface area (Å²) in [4.78, 5) is 39.4. The molecule has 0 aliphatic carbocycles. The van der Waals surface area contributed by atoms with Crippen LogP contribution in [0.25, 0.3) is 0 Å². The number of esters is 1. The third-order valence-electron chi connectivity index (χ3n) is 5.57. The van der Waals surface area contributed by atoms with Crippen LogP contribution in [0, 0.1) is 0 Å². The minimum Gasteiger partial charge on any atom is -0.494 e. The summed E-state index contributed by atoms with van der Waals surface area (Å²) in [5, 5.41) is 2.68. The topological polar surface area (TPSA) is 84.9 Å². The van der Waals surface area contributed by atoms with E-state index in [4.69, 9.17) is 21.1 Å². The summed E-state index contributed by atoms with van der Waals surface area (Å²) in [5.41, 5.74) is 2.09. The van der Waals surface area contributed by atoms with E-state index in [1.54, 1.807) is 54.6 Å². The van der Waals surface area contributed by atoms with Gasteiger partial charge < -0.3 is 14.8 Å². The van der Waals surface area contributed by atoms with E-state index in [1.807, 2.05) is 39.0 Å². The number of ether oxygens (including phenoxy) is 2. The second-order valence-corrected chi connectivity index (χ2v) is 8.72. The zero-order chi connectivity index (χ0) is 25.8. The number of benzene rings is 3. The summed E-state index contributed by atoms with van der Waals surface area (Å²) in [6.45, 7) is 6.42. The molecule has 0 aromatic heterocycles. The minimum atomic E-state index is -0.627. The molecular formula is C28H25ClN2O5. The molecule has 184 valence electrons. The van der Waals surface area contributed by atoms with Crippen LogP contribution in [0.15, 0.2) is 83.5 Å². The molecule has 0 saturated heterocycles. The third kappa shape index (κ3) is 5.11. The summed E-state index contributed by atoms with van der Waals surface area (Å²) >= 11 is 6.22. The van der Waals surface area contributed by atoms with Crippen LogP contribution in [-0.4, -0.2) is 24.4 Å². The second kappa shape index (κ2) is 10.7. The Bertz CT molecular complexity index is 1330. The van der Waals surface area contributed by atoms with Gasteiger partial charge in [-0.3, -0.25) is 9.59 Å². The Morgan fingerprint density at radius 3 is 2.25 bits per heavy atom. The number of rotatable bonds is 8. The van der Waals surface area contributed by atoms with Crippen LogP contribution in [-0.2, 0) is 9.59 Å². The van der Waals surface area contributed by atoms with Gasteiger partial charge in [-0.15, -0.1) is 0 Å². The van der Waals surface area contributed by atoms with Gasteiger partial charge in [0.2, 0.25) is 0 Å². The first-order chi connectivity index (χ1) is 17.3. The predicted octanol–water partition coefficient (Wildman–Crippen LogP) is 5.86. The summed E-state index contributed by atoms with van der Waals surface area (Å²) in [5.74, 6) is -0.362. The second-order valence-electron chi connectivity index (χ2n) is 8.35. The average Bonchev–Trinajstić information content (AvgIpc) is 3.08. The number of nitrogens with zero attached hydrogens (tertiary/aromatic N) is 1. The molecule has 8 heteroatoms. The van der Waals surface area contributed by atoms with E-state index in [0.29, 0.717) is 35.0 Å². The quantitative estimate of drug-likeness (QED) is 0.235. The predicted molar refractivity (Wildman–Crippen MR) is 139 cm³/mol. The molecule has 4 rings (SSSR count). The Morgan fingerprint density at radius 1 is 0.944 bits per heavy atom. The van der Waals surface area contributed by atoms with E-state index in [0.717, 1.165) is 10.5 Å². The van der Waals surface area contributed by atoms with Gasteiger partial charge >= 0.3 is 5.97 Å². The van der Waals surface area contributed by atoms with Crippen LogP contribution >= 0.6 is 11.6 Å². The van der Waals surface area contributed by atoms with Crippen molar-refractivity contribution in [2.24, 2.45) is 0 Å². The highest BCUT2D eigenvalue weighted by molar-refractivity contribution is 6.53. The van der Waals surface area contributed by atoms with Crippen molar-refractivity contribution < 1.29 is 23.9 Å². The van der Waals surface area contributed by atoms with Crippen LogP contribution < -0.4 is 19.7 Å². The standard InChI is InChI=1S/C28H25ClN2O5/c1-4-35-21-15-13-20(14-16-21)31-26(32)24(29)25(27(31)33)30-19-11-9-18(10-12-19)28(34)36-23-8-6-5-7-22(23)17(2)3/h5-17,30H,4H2,1-3H3. The maximum absolute atomic E-state index is 13.0. The Hall–Kier alpha value is -4.10. The van der Waals surface area contributed by atoms with Crippen molar-refractivity contribution in [3.05, 3.63) is 94.7 Å². The molecule has 1 aliphatic rings. The molecule has 3 aromatic rings. The molecule has 0 unspecified atom stereocenters. The molecule has 0 spiro atoms. The number of amides is 2. The highest BCUT2D eigenvalue weighted by Gasteiger charge is 2.39. The van der Waals surface area contributed by atoms with Gasteiger partial charge in [0.05, 0.1) is 17.9 Å². The molecule has 1 N–H and O–H groups in total. The first kappa shape index (κ1) is 25.0. The van der Waals surface area contributed by atoms with Crippen molar-refractivity contribution in [2.75, 3.05) is 16.8 Å². The Labute approximate surface area is 214 Å². The lowest BCUT2D eigenvalue weighted by Crippen LogP contribution is -2.32. The lowest BCUT2D eigenvalue weighted by atomic mass is 10.0. The molecule has 0 fully saturated rings. The van der Waals surface area contributed by atoms with E-state index in [-0.39, 0.29) is 16.6 Å². The monoisotopic (exact) mass is 504 g/mol. The molecule has 0 radical (unpaired) electrons. The first-order valence-corrected chi connectivity index (χ1v) is 11.9. The Morgan fingerprint density at radius 2 is 1.61 bits per heavy atom. The van der Waals surface area contributed by atoms with Crippen molar-refractivity contribution in [1.82, 2.24) is 0 Å². The summed E-state index contributed by atoms with van der Waals surface area (Å²) < 4.78 is 11.0. The largest absolute Gasteiger partial charge is 0.494 e. The number of carbonyl (C=O) groups is 3. The van der Waals surface area contributed by atoms with E-state index < -0.39 is 17.8 Å². The van der Waals surface area contributed by atoms with Crippen LogP contribution in [0.2, 0.25) is 0 Å². The number of anilines is 2. The van der Waals surface area contributed by atoms with Crippen LogP contribution in [0.4, 0.5) is 11.4 Å². The smallest absolute Gasteiger partial charge is 0.343 e. The molecule has 2 amide bonds. The Balaban J connectivity index is 1.46. The fourth-order valence-electron chi connectivity index (χ4n) is 3.75. The lowest BCUT2D eigenvalue weighted by Gasteiger charge is -2.16. The van der Waals surface area contributed by atoms with E-state index in [9.17, 15) is 14.4 Å². The van der Waals surface area contributed by atoms with Gasteiger partial charge in [-0.2, -0.15) is 0 Å². The zero-order valence-corrected chi connectivity index (χ0v) is 20.8. The zero-order valence-electron chi connectivity index (χ0n) is 20.1. The highest BCUT2D eigenvalue weighted by Crippen LogP contribution is 2.31. The van der Waals surface area contributed by atoms with Gasteiger partial charge in [0.15, 0.2) is 0 Å². The first-order valence-electron chi connectivity index (χ1n) is 11.5. The number of nitrogens with one attached hydrogen (secondary N) is 1. The van der Waals surface area contributed by atoms with Crippen LogP contribution in [0.1, 0.15) is 42.6 Å². The lowest BCUT2D eigenvalue weighted by molar-refractivity contribution is -0.120. The minimum absolute atomic E-state index is 0.0447. The number of hydrogen-bond acceptors (Lipinski definition) is 6. The Kier molecular flexibility index (Phi) is 7.41. The van der Waals surface area contributed by atoms with E-state index >= 15 is 0 Å². The average molecular weight is 505 g/mol. The number of carbonyl (C=O) groups excluding carboxylic acids is 3. The SMILES string of the molecule is CCOc1ccc(N2C(=O)C(Cl)=C(Nc3ccc(C(=O)Oc4ccccc4C(C)C)cc3)C2=O)cc1. The van der Waals surface area contributed by atoms with Gasteiger partial charge in [0.1, 0.15) is 22.2 Å². The van der Waals surface area contributed by atoms with Gasteiger partial charge in [-0.25, -0.2) is 9.69 Å². The summed E-state index contributed by atoms with van der Waals surface area (Å²) in [6.07, 6.45) is 0. The molecule has 0 atom stereocenters. The van der Waals surface area contributed by atoms with Crippen molar-refractivity contribution in [2.45, 2.75) is 26.7 Å². The maximum atomic E-state index is 13.0. The highest BCUT2D eigenvalue weighted by atomic mass is 35.5. The number of imide groups is 1. The van der Waals surface area contributed by atoms with Crippen LogP contribution in [0.3, 0.4) is 0 Å². The molecule has 36 heavy (non-hydrogen) atoms. The molecular weight excluding hydrogens is 480 g/mol. The summed E-state index contributed by atoms with van der Waals surface area (Å²) in [7, 11) is 0.